The minimum absolute atomic E-state index is 0.217. The van der Waals surface area contributed by atoms with E-state index in [0.29, 0.717) is 23.7 Å². The third-order valence-electron chi connectivity index (χ3n) is 4.14. The van der Waals surface area contributed by atoms with E-state index in [-0.39, 0.29) is 6.61 Å². The second-order valence-corrected chi connectivity index (χ2v) is 5.91. The van der Waals surface area contributed by atoms with Gasteiger partial charge in [-0.1, -0.05) is 19.1 Å². The second kappa shape index (κ2) is 9.13. The Kier molecular flexibility index (Phi) is 6.89. The van der Waals surface area contributed by atoms with Crippen LogP contribution in [0.3, 0.4) is 0 Å². The van der Waals surface area contributed by atoms with Crippen LogP contribution in [0.4, 0.5) is 4.79 Å². The Bertz CT molecular complexity index is 767. The molecule has 0 aromatic heterocycles. The smallest absolute Gasteiger partial charge is 0.493 e. The summed E-state index contributed by atoms with van der Waals surface area (Å²) >= 11 is 0. The molecule has 2 rings (SSSR count). The zero-order valence-electron chi connectivity index (χ0n) is 16.0. The summed E-state index contributed by atoms with van der Waals surface area (Å²) in [5, 5.41) is 0. The van der Waals surface area contributed by atoms with Crippen LogP contribution < -0.4 is 14.2 Å². The van der Waals surface area contributed by atoms with Gasteiger partial charge in [-0.2, -0.15) is 0 Å². The quantitative estimate of drug-likeness (QED) is 0.515. The molecule has 0 amide bonds. The van der Waals surface area contributed by atoms with Crippen LogP contribution in [-0.2, 0) is 17.8 Å². The maximum absolute atomic E-state index is 11.5. The van der Waals surface area contributed by atoms with Crippen molar-refractivity contribution in [2.75, 3.05) is 13.7 Å². The number of benzene rings is 2. The number of carbonyl (C=O) groups is 1. The summed E-state index contributed by atoms with van der Waals surface area (Å²) in [6.45, 7) is 8.85. The molecule has 0 fully saturated rings. The predicted molar refractivity (Wildman–Crippen MR) is 100 cm³/mol. The molecule has 2 aromatic carbocycles. The van der Waals surface area contributed by atoms with E-state index in [1.807, 2.05) is 26.0 Å². The van der Waals surface area contributed by atoms with Crippen LogP contribution in [0, 0.1) is 13.8 Å². The average Bonchev–Trinajstić information content (AvgIpc) is 2.63. The first kappa shape index (κ1) is 19.6. The monoisotopic (exact) mass is 358 g/mol. The lowest BCUT2D eigenvalue weighted by atomic mass is 10.0. The van der Waals surface area contributed by atoms with Crippen molar-refractivity contribution < 1.29 is 23.7 Å². The maximum Gasteiger partial charge on any atom is 0.513 e. The number of ether oxygens (including phenoxy) is 4. The van der Waals surface area contributed by atoms with Crippen molar-refractivity contribution in [1.82, 2.24) is 0 Å². The van der Waals surface area contributed by atoms with Crippen LogP contribution >= 0.6 is 0 Å². The standard InChI is InChI=1S/C21H26O5/c1-6-16-11-15(4)20(12-14(16)3)25-13-17-18(24-7-2)9-8-10-19(17)26-21(22)23-5/h8-12H,6-7,13H2,1-5H3. The zero-order chi connectivity index (χ0) is 19.1. The first-order chi connectivity index (χ1) is 12.5. The molecule has 0 aliphatic carbocycles. The van der Waals surface area contributed by atoms with E-state index in [9.17, 15) is 4.79 Å². The Morgan fingerprint density at radius 2 is 1.69 bits per heavy atom. The lowest BCUT2D eigenvalue weighted by Gasteiger charge is -2.17. The summed E-state index contributed by atoms with van der Waals surface area (Å²) in [5.41, 5.74) is 4.23. The molecule has 0 unspecified atom stereocenters. The van der Waals surface area contributed by atoms with Crippen LogP contribution in [0.2, 0.25) is 0 Å². The van der Waals surface area contributed by atoms with E-state index in [4.69, 9.17) is 14.2 Å². The molecule has 0 radical (unpaired) electrons. The van der Waals surface area contributed by atoms with Gasteiger partial charge in [-0.3, -0.25) is 0 Å². The Balaban J connectivity index is 2.30. The number of methoxy groups -OCH3 is 1. The highest BCUT2D eigenvalue weighted by Gasteiger charge is 2.16. The molecular formula is C21H26O5. The van der Waals surface area contributed by atoms with Gasteiger partial charge < -0.3 is 18.9 Å². The summed E-state index contributed by atoms with van der Waals surface area (Å²) in [5.74, 6) is 1.78. The summed E-state index contributed by atoms with van der Waals surface area (Å²) < 4.78 is 21.5. The van der Waals surface area contributed by atoms with Crippen LogP contribution in [0.25, 0.3) is 0 Å². The van der Waals surface area contributed by atoms with Gasteiger partial charge in [-0.05, 0) is 62.1 Å². The topological polar surface area (TPSA) is 54.0 Å². The molecule has 5 heteroatoms. The van der Waals surface area contributed by atoms with E-state index in [1.54, 1.807) is 12.1 Å². The van der Waals surface area contributed by atoms with Crippen molar-refractivity contribution in [3.8, 4) is 17.2 Å². The first-order valence-corrected chi connectivity index (χ1v) is 8.73. The van der Waals surface area contributed by atoms with Gasteiger partial charge in [0.25, 0.3) is 0 Å². The van der Waals surface area contributed by atoms with Crippen molar-refractivity contribution in [2.45, 2.75) is 40.7 Å². The molecule has 0 bridgehead atoms. The Morgan fingerprint density at radius 3 is 2.35 bits per heavy atom. The van der Waals surface area contributed by atoms with Crippen LogP contribution in [-0.4, -0.2) is 19.9 Å². The van der Waals surface area contributed by atoms with Crippen molar-refractivity contribution in [3.63, 3.8) is 0 Å². The molecule has 0 aliphatic rings. The van der Waals surface area contributed by atoms with Gasteiger partial charge in [0, 0.05) is 0 Å². The van der Waals surface area contributed by atoms with Crippen molar-refractivity contribution in [2.24, 2.45) is 0 Å². The zero-order valence-corrected chi connectivity index (χ0v) is 16.0. The molecule has 5 nitrogen and oxygen atoms in total. The Labute approximate surface area is 154 Å². The molecule has 0 saturated carbocycles. The van der Waals surface area contributed by atoms with Gasteiger partial charge in [-0.15, -0.1) is 0 Å². The SMILES string of the molecule is CCOc1cccc(OC(=O)OC)c1COc1cc(C)c(CC)cc1C. The fourth-order valence-electron chi connectivity index (χ4n) is 2.74. The maximum atomic E-state index is 11.5. The number of hydrogen-bond donors (Lipinski definition) is 0. The summed E-state index contributed by atoms with van der Waals surface area (Å²) in [7, 11) is 1.27. The highest BCUT2D eigenvalue weighted by atomic mass is 16.7. The molecule has 0 N–H and O–H groups in total. The van der Waals surface area contributed by atoms with Gasteiger partial charge in [0.15, 0.2) is 0 Å². The minimum atomic E-state index is -0.778. The average molecular weight is 358 g/mol. The van der Waals surface area contributed by atoms with Gasteiger partial charge >= 0.3 is 6.16 Å². The molecule has 0 spiro atoms. The van der Waals surface area contributed by atoms with E-state index in [0.717, 1.165) is 17.7 Å². The number of hydrogen-bond acceptors (Lipinski definition) is 5. The summed E-state index contributed by atoms with van der Waals surface area (Å²) in [6.07, 6.45) is 0.205. The predicted octanol–water partition coefficient (Wildman–Crippen LogP) is 4.99. The third-order valence-corrected chi connectivity index (χ3v) is 4.14. The van der Waals surface area contributed by atoms with Gasteiger partial charge in [0.2, 0.25) is 0 Å². The molecule has 0 atom stereocenters. The fourth-order valence-corrected chi connectivity index (χ4v) is 2.74. The van der Waals surface area contributed by atoms with Crippen molar-refractivity contribution >= 4 is 6.16 Å². The lowest BCUT2D eigenvalue weighted by molar-refractivity contribution is 0.120. The van der Waals surface area contributed by atoms with Crippen molar-refractivity contribution in [3.05, 3.63) is 52.6 Å². The molecule has 140 valence electrons. The van der Waals surface area contributed by atoms with Crippen LogP contribution in [0.1, 0.15) is 36.1 Å². The first-order valence-electron chi connectivity index (χ1n) is 8.73. The Morgan fingerprint density at radius 1 is 0.962 bits per heavy atom. The highest BCUT2D eigenvalue weighted by molar-refractivity contribution is 5.65. The molecule has 0 aliphatic heterocycles. The third kappa shape index (κ3) is 4.69. The molecule has 2 aromatic rings. The number of aryl methyl sites for hydroxylation is 3. The van der Waals surface area contributed by atoms with Crippen molar-refractivity contribution in [1.29, 1.82) is 0 Å². The number of rotatable bonds is 7. The fraction of sp³-hybridized carbons (Fsp3) is 0.381. The molecular weight excluding hydrogens is 332 g/mol. The molecule has 26 heavy (non-hydrogen) atoms. The summed E-state index contributed by atoms with van der Waals surface area (Å²) in [6, 6.07) is 9.46. The summed E-state index contributed by atoms with van der Waals surface area (Å²) in [4.78, 5) is 11.5. The minimum Gasteiger partial charge on any atom is -0.493 e. The van der Waals surface area contributed by atoms with Gasteiger partial charge in [-0.25, -0.2) is 4.79 Å². The van der Waals surface area contributed by atoms with Gasteiger partial charge in [0.05, 0.1) is 19.3 Å². The second-order valence-electron chi connectivity index (χ2n) is 5.91. The normalized spacial score (nSPS) is 10.3. The van der Waals surface area contributed by atoms with E-state index in [2.05, 4.69) is 24.7 Å². The molecule has 0 saturated heterocycles. The molecule has 0 heterocycles. The van der Waals surface area contributed by atoms with Crippen LogP contribution in [0.5, 0.6) is 17.2 Å². The Hall–Kier alpha value is -2.69. The largest absolute Gasteiger partial charge is 0.513 e. The van der Waals surface area contributed by atoms with E-state index >= 15 is 0 Å². The van der Waals surface area contributed by atoms with E-state index in [1.165, 1.54) is 18.2 Å². The lowest BCUT2D eigenvalue weighted by Crippen LogP contribution is -2.11. The highest BCUT2D eigenvalue weighted by Crippen LogP contribution is 2.32. The van der Waals surface area contributed by atoms with E-state index < -0.39 is 6.16 Å². The van der Waals surface area contributed by atoms with Gasteiger partial charge in [0.1, 0.15) is 23.9 Å². The number of carbonyl (C=O) groups excluding carboxylic acids is 1. The van der Waals surface area contributed by atoms with Crippen LogP contribution in [0.15, 0.2) is 30.3 Å².